The van der Waals surface area contributed by atoms with Crippen molar-refractivity contribution in [3.63, 3.8) is 0 Å². The molecule has 23 heavy (non-hydrogen) atoms. The first kappa shape index (κ1) is 18.9. The fraction of sp³-hybridized carbons (Fsp3) is 0.429. The van der Waals surface area contributed by atoms with Gasteiger partial charge in [0.1, 0.15) is 5.82 Å². The van der Waals surface area contributed by atoms with E-state index in [-0.39, 0.29) is 12.5 Å². The summed E-state index contributed by atoms with van der Waals surface area (Å²) in [6, 6.07) is 0.924. The van der Waals surface area contributed by atoms with Gasteiger partial charge in [-0.3, -0.25) is 9.59 Å². The molecule has 0 fully saturated rings. The number of amides is 2. The summed E-state index contributed by atoms with van der Waals surface area (Å²) in [7, 11) is 0. The number of hydrogen-bond acceptors (Lipinski definition) is 3. The molecule has 0 aliphatic rings. The zero-order valence-electron chi connectivity index (χ0n) is 12.4. The third-order valence-corrected chi connectivity index (χ3v) is 3.25. The molecule has 1 rings (SSSR count). The summed E-state index contributed by atoms with van der Waals surface area (Å²) >= 11 is 0. The molecule has 0 aliphatic heterocycles. The summed E-state index contributed by atoms with van der Waals surface area (Å²) in [5.74, 6) is -3.89. The summed E-state index contributed by atoms with van der Waals surface area (Å²) in [5.41, 5.74) is -1.90. The van der Waals surface area contributed by atoms with Crippen molar-refractivity contribution in [1.29, 1.82) is 0 Å². The molecule has 3 N–H and O–H groups in total. The van der Waals surface area contributed by atoms with E-state index < -0.39 is 41.1 Å². The quantitative estimate of drug-likeness (QED) is 0.581. The fourth-order valence-electron chi connectivity index (χ4n) is 1.55. The number of rotatable bonds is 4. The predicted octanol–water partition coefficient (Wildman–Crippen LogP) is 1.92. The summed E-state index contributed by atoms with van der Waals surface area (Å²) in [4.78, 5) is 23.3. The molecule has 0 radical (unpaired) electrons. The molecule has 0 saturated heterocycles. The van der Waals surface area contributed by atoms with E-state index in [1.54, 1.807) is 12.2 Å². The van der Waals surface area contributed by atoms with Crippen LogP contribution in [0.4, 0.5) is 23.2 Å². The van der Waals surface area contributed by atoms with Crippen LogP contribution >= 0.6 is 0 Å². The van der Waals surface area contributed by atoms with Crippen molar-refractivity contribution in [2.45, 2.75) is 26.1 Å². The third kappa shape index (κ3) is 5.20. The van der Waals surface area contributed by atoms with Crippen LogP contribution in [0.2, 0.25) is 0 Å². The van der Waals surface area contributed by atoms with E-state index in [2.05, 4.69) is 5.32 Å². The number of carbonyl (C=O) groups is 2. The first-order chi connectivity index (χ1) is 10.6. The molecule has 2 unspecified atom stereocenters. The second-order valence-corrected chi connectivity index (χ2v) is 5.07. The summed E-state index contributed by atoms with van der Waals surface area (Å²) < 4.78 is 51.2. The van der Waals surface area contributed by atoms with Gasteiger partial charge in [0.2, 0.25) is 0 Å². The van der Waals surface area contributed by atoms with Gasteiger partial charge < -0.3 is 15.7 Å². The van der Waals surface area contributed by atoms with Gasteiger partial charge in [0, 0.05) is 12.6 Å². The number of aliphatic hydroxyl groups excluding tert-OH is 1. The Labute approximate surface area is 129 Å². The molecular formula is C14H16F4N2O3. The molecule has 0 aliphatic carbocycles. The van der Waals surface area contributed by atoms with Gasteiger partial charge in [0.05, 0.1) is 11.3 Å². The number of aliphatic hydroxyl groups is 1. The minimum Gasteiger partial charge on any atom is -0.396 e. The number of halogens is 4. The van der Waals surface area contributed by atoms with Gasteiger partial charge in [-0.25, -0.2) is 4.39 Å². The molecule has 0 saturated carbocycles. The van der Waals surface area contributed by atoms with Gasteiger partial charge in [-0.05, 0) is 31.0 Å². The van der Waals surface area contributed by atoms with E-state index >= 15 is 0 Å². The molecular weight excluding hydrogens is 320 g/mol. The molecule has 5 nitrogen and oxygen atoms in total. The van der Waals surface area contributed by atoms with Gasteiger partial charge in [0.25, 0.3) is 0 Å². The van der Waals surface area contributed by atoms with Crippen molar-refractivity contribution >= 4 is 17.5 Å². The van der Waals surface area contributed by atoms with Crippen molar-refractivity contribution in [2.75, 3.05) is 11.9 Å². The zero-order chi connectivity index (χ0) is 17.8. The standard InChI is InChI=1S/C14H16F4N2O3/c1-7(6-21)8(2)19-12(22)13(23)20-11-5-9(14(16,17)18)3-4-10(11)15/h3-5,7-8,21H,6H2,1-2H3,(H,19,22)(H,20,23). The largest absolute Gasteiger partial charge is 0.416 e. The highest BCUT2D eigenvalue weighted by Crippen LogP contribution is 2.31. The molecule has 2 atom stereocenters. The monoisotopic (exact) mass is 336 g/mol. The van der Waals surface area contributed by atoms with Crippen LogP contribution in [-0.4, -0.2) is 29.6 Å². The normalized spacial score (nSPS) is 14.0. The summed E-state index contributed by atoms with van der Waals surface area (Å²) in [6.07, 6.45) is -4.71. The zero-order valence-corrected chi connectivity index (χ0v) is 12.4. The van der Waals surface area contributed by atoms with E-state index in [0.29, 0.717) is 18.2 Å². The lowest BCUT2D eigenvalue weighted by Crippen LogP contribution is -2.44. The van der Waals surface area contributed by atoms with Crippen molar-refractivity contribution in [2.24, 2.45) is 5.92 Å². The molecule has 0 aromatic heterocycles. The van der Waals surface area contributed by atoms with Crippen molar-refractivity contribution in [3.8, 4) is 0 Å². The van der Waals surface area contributed by atoms with Crippen LogP contribution in [0, 0.1) is 11.7 Å². The molecule has 0 bridgehead atoms. The number of hydrogen-bond donors (Lipinski definition) is 3. The first-order valence-electron chi connectivity index (χ1n) is 6.65. The van der Waals surface area contributed by atoms with Crippen molar-refractivity contribution in [1.82, 2.24) is 5.32 Å². The van der Waals surface area contributed by atoms with E-state index in [1.165, 1.54) is 6.92 Å². The molecule has 1 aromatic rings. The maximum Gasteiger partial charge on any atom is 0.416 e. The van der Waals surface area contributed by atoms with Gasteiger partial charge in [-0.15, -0.1) is 0 Å². The third-order valence-electron chi connectivity index (χ3n) is 3.25. The lowest BCUT2D eigenvalue weighted by molar-refractivity contribution is -0.137. The van der Waals surface area contributed by atoms with Gasteiger partial charge in [0.15, 0.2) is 0 Å². The molecule has 128 valence electrons. The highest BCUT2D eigenvalue weighted by molar-refractivity contribution is 6.39. The lowest BCUT2D eigenvalue weighted by Gasteiger charge is -2.19. The molecule has 9 heteroatoms. The van der Waals surface area contributed by atoms with E-state index in [0.717, 1.165) is 0 Å². The number of nitrogens with one attached hydrogen (secondary N) is 2. The van der Waals surface area contributed by atoms with Gasteiger partial charge >= 0.3 is 18.0 Å². The van der Waals surface area contributed by atoms with Crippen LogP contribution in [0.1, 0.15) is 19.4 Å². The van der Waals surface area contributed by atoms with Gasteiger partial charge in [-0.1, -0.05) is 6.92 Å². The Bertz CT molecular complexity index is 590. The minimum absolute atomic E-state index is 0.231. The Kier molecular flexibility index (Phi) is 6.08. The maximum atomic E-state index is 13.5. The Balaban J connectivity index is 2.83. The van der Waals surface area contributed by atoms with Crippen LogP contribution < -0.4 is 10.6 Å². The first-order valence-corrected chi connectivity index (χ1v) is 6.65. The smallest absolute Gasteiger partial charge is 0.396 e. The van der Waals surface area contributed by atoms with Crippen LogP contribution in [-0.2, 0) is 15.8 Å². The molecule has 0 heterocycles. The molecule has 2 amide bonds. The predicted molar refractivity (Wildman–Crippen MR) is 73.9 cm³/mol. The van der Waals surface area contributed by atoms with Crippen LogP contribution in [0.5, 0.6) is 0 Å². The lowest BCUT2D eigenvalue weighted by atomic mass is 10.1. The SMILES string of the molecule is CC(CO)C(C)NC(=O)C(=O)Nc1cc(C(F)(F)F)ccc1F. The number of benzene rings is 1. The van der Waals surface area contributed by atoms with Crippen molar-refractivity contribution < 1.29 is 32.3 Å². The maximum absolute atomic E-state index is 13.5. The average Bonchev–Trinajstić information content (AvgIpc) is 2.47. The second kappa shape index (κ2) is 7.40. The number of alkyl halides is 3. The van der Waals surface area contributed by atoms with Crippen LogP contribution in [0.25, 0.3) is 0 Å². The summed E-state index contributed by atoms with van der Waals surface area (Å²) in [5, 5.41) is 13.0. The highest BCUT2D eigenvalue weighted by Gasteiger charge is 2.31. The summed E-state index contributed by atoms with van der Waals surface area (Å²) in [6.45, 7) is 2.93. The van der Waals surface area contributed by atoms with Gasteiger partial charge in [-0.2, -0.15) is 13.2 Å². The van der Waals surface area contributed by atoms with E-state index in [4.69, 9.17) is 5.11 Å². The Morgan fingerprint density at radius 3 is 2.35 bits per heavy atom. The average molecular weight is 336 g/mol. The second-order valence-electron chi connectivity index (χ2n) is 5.07. The van der Waals surface area contributed by atoms with E-state index in [9.17, 15) is 27.2 Å². The van der Waals surface area contributed by atoms with Crippen molar-refractivity contribution in [3.05, 3.63) is 29.6 Å². The topological polar surface area (TPSA) is 78.4 Å². The fourth-order valence-corrected chi connectivity index (χ4v) is 1.55. The Morgan fingerprint density at radius 2 is 1.83 bits per heavy atom. The minimum atomic E-state index is -4.71. The number of anilines is 1. The van der Waals surface area contributed by atoms with Crippen LogP contribution in [0.3, 0.4) is 0 Å². The Morgan fingerprint density at radius 1 is 1.22 bits per heavy atom. The Hall–Kier alpha value is -2.16. The van der Waals surface area contributed by atoms with E-state index in [1.807, 2.05) is 0 Å². The molecule has 0 spiro atoms. The van der Waals surface area contributed by atoms with Crippen LogP contribution in [0.15, 0.2) is 18.2 Å². The molecule has 1 aromatic carbocycles. The number of carbonyl (C=O) groups excluding carboxylic acids is 2. The highest BCUT2D eigenvalue weighted by atomic mass is 19.4.